The molecule has 0 aliphatic carbocycles. The SMILES string of the molecule is Cc1cc(Nc2ccc(Br)c(F)c2)ncc1Br. The van der Waals surface area contributed by atoms with Gasteiger partial charge in [-0.3, -0.25) is 0 Å². The molecule has 0 amide bonds. The second-order valence-corrected chi connectivity index (χ2v) is 5.28. The molecule has 17 heavy (non-hydrogen) atoms. The van der Waals surface area contributed by atoms with Crippen molar-refractivity contribution in [2.75, 3.05) is 5.32 Å². The lowest BCUT2D eigenvalue weighted by Gasteiger charge is -2.07. The van der Waals surface area contributed by atoms with E-state index >= 15 is 0 Å². The number of pyridine rings is 1. The van der Waals surface area contributed by atoms with Crippen molar-refractivity contribution >= 4 is 43.4 Å². The molecule has 0 atom stereocenters. The third kappa shape index (κ3) is 3.04. The van der Waals surface area contributed by atoms with Crippen LogP contribution in [0.4, 0.5) is 15.9 Å². The van der Waals surface area contributed by atoms with Crippen LogP contribution < -0.4 is 5.32 Å². The summed E-state index contributed by atoms with van der Waals surface area (Å²) in [6.45, 7) is 1.97. The normalized spacial score (nSPS) is 10.4. The van der Waals surface area contributed by atoms with Crippen molar-refractivity contribution in [2.45, 2.75) is 6.92 Å². The zero-order valence-electron chi connectivity index (χ0n) is 8.97. The highest BCUT2D eigenvalue weighted by Gasteiger charge is 2.03. The van der Waals surface area contributed by atoms with Gasteiger partial charge in [0.1, 0.15) is 11.6 Å². The van der Waals surface area contributed by atoms with Gasteiger partial charge in [-0.25, -0.2) is 9.37 Å². The molecule has 0 radical (unpaired) electrons. The van der Waals surface area contributed by atoms with Gasteiger partial charge in [-0.05, 0) is 68.6 Å². The fraction of sp³-hybridized carbons (Fsp3) is 0.0833. The maximum Gasteiger partial charge on any atom is 0.139 e. The summed E-state index contributed by atoms with van der Waals surface area (Å²) in [7, 11) is 0. The first kappa shape index (κ1) is 12.5. The van der Waals surface area contributed by atoms with Crippen molar-refractivity contribution in [3.05, 3.63) is 50.8 Å². The molecule has 0 unspecified atom stereocenters. The summed E-state index contributed by atoms with van der Waals surface area (Å²) in [5.41, 5.74) is 1.74. The van der Waals surface area contributed by atoms with Gasteiger partial charge < -0.3 is 5.32 Å². The third-order valence-corrected chi connectivity index (χ3v) is 3.71. The Morgan fingerprint density at radius 1 is 1.18 bits per heavy atom. The predicted molar refractivity (Wildman–Crippen MR) is 74.1 cm³/mol. The largest absolute Gasteiger partial charge is 0.340 e. The minimum absolute atomic E-state index is 0.302. The smallest absolute Gasteiger partial charge is 0.139 e. The highest BCUT2D eigenvalue weighted by molar-refractivity contribution is 9.10. The first-order chi connectivity index (χ1) is 8.06. The molecule has 2 nitrogen and oxygen atoms in total. The van der Waals surface area contributed by atoms with Crippen LogP contribution in [0.25, 0.3) is 0 Å². The molecule has 1 heterocycles. The van der Waals surface area contributed by atoms with Crippen LogP contribution in [-0.4, -0.2) is 4.98 Å². The molecule has 2 aromatic rings. The van der Waals surface area contributed by atoms with Gasteiger partial charge in [-0.1, -0.05) is 0 Å². The van der Waals surface area contributed by atoms with E-state index in [-0.39, 0.29) is 5.82 Å². The van der Waals surface area contributed by atoms with Crippen molar-refractivity contribution in [1.82, 2.24) is 4.98 Å². The molecule has 0 saturated carbocycles. The molecule has 0 aliphatic heterocycles. The molecule has 0 aliphatic rings. The molecule has 1 aromatic carbocycles. The topological polar surface area (TPSA) is 24.9 Å². The lowest BCUT2D eigenvalue weighted by Crippen LogP contribution is -1.95. The maximum absolute atomic E-state index is 13.3. The minimum atomic E-state index is -0.302. The average Bonchev–Trinajstić information content (AvgIpc) is 2.29. The zero-order chi connectivity index (χ0) is 12.4. The van der Waals surface area contributed by atoms with E-state index in [1.165, 1.54) is 6.07 Å². The number of nitrogens with zero attached hydrogens (tertiary/aromatic N) is 1. The average molecular weight is 360 g/mol. The van der Waals surface area contributed by atoms with E-state index in [9.17, 15) is 4.39 Å². The lowest BCUT2D eigenvalue weighted by atomic mass is 10.3. The molecular weight excluding hydrogens is 351 g/mol. The Kier molecular flexibility index (Phi) is 3.79. The minimum Gasteiger partial charge on any atom is -0.340 e. The molecule has 1 N–H and O–H groups in total. The van der Waals surface area contributed by atoms with Crippen molar-refractivity contribution in [1.29, 1.82) is 0 Å². The number of hydrogen-bond acceptors (Lipinski definition) is 2. The third-order valence-electron chi connectivity index (χ3n) is 2.24. The lowest BCUT2D eigenvalue weighted by molar-refractivity contribution is 0.622. The summed E-state index contributed by atoms with van der Waals surface area (Å²) in [6, 6.07) is 6.75. The number of aromatic nitrogens is 1. The highest BCUT2D eigenvalue weighted by atomic mass is 79.9. The molecule has 0 bridgehead atoms. The van der Waals surface area contributed by atoms with Crippen molar-refractivity contribution in [2.24, 2.45) is 0 Å². The molecule has 0 fully saturated rings. The van der Waals surface area contributed by atoms with Gasteiger partial charge in [0.05, 0.1) is 4.47 Å². The van der Waals surface area contributed by atoms with E-state index in [2.05, 4.69) is 42.2 Å². The maximum atomic E-state index is 13.3. The Labute approximate surface area is 116 Å². The van der Waals surface area contributed by atoms with Crippen LogP contribution >= 0.6 is 31.9 Å². The highest BCUT2D eigenvalue weighted by Crippen LogP contribution is 2.23. The van der Waals surface area contributed by atoms with Gasteiger partial charge in [-0.15, -0.1) is 0 Å². The Morgan fingerprint density at radius 3 is 2.59 bits per heavy atom. The van der Waals surface area contributed by atoms with Crippen LogP contribution in [0.5, 0.6) is 0 Å². The molecule has 5 heteroatoms. The van der Waals surface area contributed by atoms with Gasteiger partial charge >= 0.3 is 0 Å². The summed E-state index contributed by atoms with van der Waals surface area (Å²) in [6.07, 6.45) is 1.72. The van der Waals surface area contributed by atoms with Crippen molar-refractivity contribution in [3.8, 4) is 0 Å². The van der Waals surface area contributed by atoms with Crippen LogP contribution in [0, 0.1) is 12.7 Å². The first-order valence-corrected chi connectivity index (χ1v) is 6.49. The molecule has 0 spiro atoms. The Morgan fingerprint density at radius 2 is 1.94 bits per heavy atom. The number of hydrogen-bond donors (Lipinski definition) is 1. The number of halogens is 3. The van der Waals surface area contributed by atoms with Gasteiger partial charge in [0.15, 0.2) is 0 Å². The number of anilines is 2. The van der Waals surface area contributed by atoms with Crippen LogP contribution in [0.1, 0.15) is 5.56 Å². The van der Waals surface area contributed by atoms with Crippen LogP contribution in [0.2, 0.25) is 0 Å². The van der Waals surface area contributed by atoms with Gasteiger partial charge in [-0.2, -0.15) is 0 Å². The van der Waals surface area contributed by atoms with Crippen molar-refractivity contribution < 1.29 is 4.39 Å². The number of rotatable bonds is 2. The van der Waals surface area contributed by atoms with Crippen LogP contribution in [0.15, 0.2) is 39.4 Å². The quantitative estimate of drug-likeness (QED) is 0.833. The van der Waals surface area contributed by atoms with E-state index in [0.29, 0.717) is 16.0 Å². The fourth-order valence-electron chi connectivity index (χ4n) is 1.33. The first-order valence-electron chi connectivity index (χ1n) is 4.90. The Bertz CT molecular complexity index is 509. The molecular formula is C12H9Br2FN2. The van der Waals surface area contributed by atoms with Gasteiger partial charge in [0.2, 0.25) is 0 Å². The molecule has 1 aromatic heterocycles. The predicted octanol–water partition coefficient (Wildman–Crippen LogP) is 4.80. The number of nitrogens with one attached hydrogen (secondary N) is 1. The summed E-state index contributed by atoms with van der Waals surface area (Å²) < 4.78 is 14.7. The molecule has 2 rings (SSSR count). The summed E-state index contributed by atoms with van der Waals surface area (Å²) >= 11 is 6.49. The van der Waals surface area contributed by atoms with E-state index in [1.54, 1.807) is 18.3 Å². The second-order valence-electron chi connectivity index (χ2n) is 3.57. The van der Waals surface area contributed by atoms with Gasteiger partial charge in [0.25, 0.3) is 0 Å². The number of benzene rings is 1. The van der Waals surface area contributed by atoms with Crippen LogP contribution in [0.3, 0.4) is 0 Å². The molecule has 88 valence electrons. The standard InChI is InChI=1S/C12H9Br2FN2/c1-7-4-12(16-6-10(7)14)17-8-2-3-9(13)11(15)5-8/h2-6H,1H3,(H,16,17). The van der Waals surface area contributed by atoms with E-state index in [4.69, 9.17) is 0 Å². The Hall–Kier alpha value is -0.940. The Balaban J connectivity index is 2.25. The molecule has 0 saturated heterocycles. The van der Waals surface area contributed by atoms with E-state index in [0.717, 1.165) is 10.0 Å². The van der Waals surface area contributed by atoms with Crippen molar-refractivity contribution in [3.63, 3.8) is 0 Å². The summed E-state index contributed by atoms with van der Waals surface area (Å²) in [5, 5.41) is 3.05. The van der Waals surface area contributed by atoms with E-state index in [1.807, 2.05) is 13.0 Å². The van der Waals surface area contributed by atoms with E-state index < -0.39 is 0 Å². The fourth-order valence-corrected chi connectivity index (χ4v) is 1.79. The zero-order valence-corrected chi connectivity index (χ0v) is 12.1. The second kappa shape index (κ2) is 5.14. The van der Waals surface area contributed by atoms with Gasteiger partial charge in [0, 0.05) is 16.4 Å². The number of aryl methyl sites for hydroxylation is 1. The summed E-state index contributed by atoms with van der Waals surface area (Å²) in [5.74, 6) is 0.385. The monoisotopic (exact) mass is 358 g/mol. The van der Waals surface area contributed by atoms with Crippen LogP contribution in [-0.2, 0) is 0 Å². The summed E-state index contributed by atoms with van der Waals surface area (Å²) in [4.78, 5) is 4.19.